The van der Waals surface area contributed by atoms with Crippen LogP contribution in [0, 0.1) is 20.2 Å². The number of nitro groups is 2. The molecule has 1 saturated heterocycles. The van der Waals surface area contributed by atoms with Crippen molar-refractivity contribution in [3.8, 4) is 0 Å². The molecule has 0 amide bonds. The van der Waals surface area contributed by atoms with Crippen LogP contribution in [0.5, 0.6) is 0 Å². The quantitative estimate of drug-likeness (QED) is 0.318. The molecule has 1 aliphatic rings. The summed E-state index contributed by atoms with van der Waals surface area (Å²) in [5, 5.41) is 21.5. The first-order valence-corrected chi connectivity index (χ1v) is 7.99. The molecular weight excluding hydrogens is 375 g/mol. The molecule has 0 aromatic carbocycles. The fourth-order valence-electron chi connectivity index (χ4n) is 2.33. The molecule has 2 rings (SSSR count). The van der Waals surface area contributed by atoms with Gasteiger partial charge in [-0.2, -0.15) is 0 Å². The molecular formula is C14H14Cl2N4O5. The number of ether oxygens (including phenoxy) is 1. The van der Waals surface area contributed by atoms with Crippen LogP contribution >= 0.6 is 23.2 Å². The van der Waals surface area contributed by atoms with Gasteiger partial charge in [0.2, 0.25) is 0 Å². The topological polar surface area (TPSA) is 112 Å². The summed E-state index contributed by atoms with van der Waals surface area (Å²) in [6.45, 7) is 2.42. The normalized spacial score (nSPS) is 19.6. The maximum absolute atomic E-state index is 11.4. The first-order chi connectivity index (χ1) is 11.8. The average Bonchev–Trinajstić information content (AvgIpc) is 2.96. The summed E-state index contributed by atoms with van der Waals surface area (Å²) in [4.78, 5) is 26.0. The summed E-state index contributed by atoms with van der Waals surface area (Å²) < 4.78 is 5.46. The standard InChI is InChI=1S/C14H14Cl2N4O5/c1-2-10-8-25-14(11(19(21)22)5-13(16)20(23)24)18(10)7-9-3-4-12(15)17-6-9/h3-6,10H,2,7-8H2,1H3/b13-5+,14-11+/t10-/m1/s1. The van der Waals surface area contributed by atoms with Gasteiger partial charge in [-0.15, -0.1) is 0 Å². The molecule has 1 aromatic rings. The van der Waals surface area contributed by atoms with E-state index in [9.17, 15) is 20.2 Å². The van der Waals surface area contributed by atoms with Gasteiger partial charge in [0.25, 0.3) is 5.88 Å². The smallest absolute Gasteiger partial charge is 0.344 e. The van der Waals surface area contributed by atoms with Crippen LogP contribution in [-0.2, 0) is 11.3 Å². The van der Waals surface area contributed by atoms with E-state index >= 15 is 0 Å². The zero-order valence-corrected chi connectivity index (χ0v) is 14.6. The summed E-state index contributed by atoms with van der Waals surface area (Å²) in [5.41, 5.74) is 0.192. The molecule has 0 bridgehead atoms. The van der Waals surface area contributed by atoms with Gasteiger partial charge >= 0.3 is 10.9 Å². The predicted octanol–water partition coefficient (Wildman–Crippen LogP) is 3.15. The van der Waals surface area contributed by atoms with E-state index in [0.717, 1.165) is 5.56 Å². The Morgan fingerprint density at radius 3 is 2.68 bits per heavy atom. The lowest BCUT2D eigenvalue weighted by Crippen LogP contribution is -2.30. The van der Waals surface area contributed by atoms with E-state index in [1.54, 1.807) is 23.2 Å². The van der Waals surface area contributed by atoms with E-state index < -0.39 is 20.7 Å². The molecule has 25 heavy (non-hydrogen) atoms. The minimum Gasteiger partial charge on any atom is -0.472 e. The van der Waals surface area contributed by atoms with Crippen molar-refractivity contribution in [3.63, 3.8) is 0 Å². The minimum atomic E-state index is -0.911. The molecule has 0 N–H and O–H groups in total. The third-order valence-electron chi connectivity index (χ3n) is 3.57. The fraction of sp³-hybridized carbons (Fsp3) is 0.357. The molecule has 0 aliphatic carbocycles. The van der Waals surface area contributed by atoms with E-state index in [0.29, 0.717) is 17.6 Å². The molecule has 1 atom stereocenters. The first kappa shape index (κ1) is 18.9. The molecule has 1 aromatic heterocycles. The summed E-state index contributed by atoms with van der Waals surface area (Å²) in [5.74, 6) is -0.0631. The van der Waals surface area contributed by atoms with Crippen molar-refractivity contribution in [3.05, 3.63) is 72.1 Å². The van der Waals surface area contributed by atoms with Crippen LogP contribution in [0.2, 0.25) is 5.15 Å². The molecule has 0 unspecified atom stereocenters. The fourth-order valence-corrected chi connectivity index (χ4v) is 2.54. The average molecular weight is 389 g/mol. The number of hydrogen-bond donors (Lipinski definition) is 0. The first-order valence-electron chi connectivity index (χ1n) is 7.23. The van der Waals surface area contributed by atoms with Crippen LogP contribution in [0.3, 0.4) is 0 Å². The Bertz CT molecular complexity index is 735. The Balaban J connectivity index is 2.44. The van der Waals surface area contributed by atoms with Crippen LogP contribution in [0.15, 0.2) is 41.1 Å². The number of nitrogens with zero attached hydrogens (tertiary/aromatic N) is 4. The van der Waals surface area contributed by atoms with Gasteiger partial charge in [0.1, 0.15) is 17.8 Å². The monoisotopic (exact) mass is 388 g/mol. The second-order valence-electron chi connectivity index (χ2n) is 5.16. The van der Waals surface area contributed by atoms with Gasteiger partial charge in [-0.1, -0.05) is 24.6 Å². The molecule has 0 spiro atoms. The zero-order valence-electron chi connectivity index (χ0n) is 13.1. The molecule has 134 valence electrons. The second kappa shape index (κ2) is 8.13. The third kappa shape index (κ3) is 4.58. The van der Waals surface area contributed by atoms with Gasteiger partial charge in [0.15, 0.2) is 0 Å². The van der Waals surface area contributed by atoms with Gasteiger partial charge in [-0.3, -0.25) is 20.2 Å². The van der Waals surface area contributed by atoms with Gasteiger partial charge < -0.3 is 9.64 Å². The van der Waals surface area contributed by atoms with Crippen LogP contribution in [-0.4, -0.2) is 32.4 Å². The van der Waals surface area contributed by atoms with Gasteiger partial charge in [0.05, 0.1) is 15.9 Å². The number of hydrogen-bond acceptors (Lipinski definition) is 7. The van der Waals surface area contributed by atoms with Crippen LogP contribution in [0.1, 0.15) is 18.9 Å². The van der Waals surface area contributed by atoms with E-state index in [1.807, 2.05) is 6.92 Å². The van der Waals surface area contributed by atoms with Crippen molar-refractivity contribution in [2.24, 2.45) is 0 Å². The molecule has 1 fully saturated rings. The highest BCUT2D eigenvalue weighted by Gasteiger charge is 2.36. The number of halogens is 2. The number of allylic oxidation sites excluding steroid dienone is 1. The molecule has 0 saturated carbocycles. The molecule has 1 aliphatic heterocycles. The Morgan fingerprint density at radius 2 is 2.16 bits per heavy atom. The van der Waals surface area contributed by atoms with E-state index in [4.69, 9.17) is 27.9 Å². The van der Waals surface area contributed by atoms with Gasteiger partial charge in [-0.05, 0) is 29.7 Å². The summed E-state index contributed by atoms with van der Waals surface area (Å²) in [7, 11) is 0. The van der Waals surface area contributed by atoms with E-state index in [1.165, 1.54) is 0 Å². The maximum Gasteiger partial charge on any atom is 0.344 e. The Kier molecular flexibility index (Phi) is 6.16. The Hall–Kier alpha value is -2.39. The Morgan fingerprint density at radius 1 is 1.44 bits per heavy atom. The zero-order chi connectivity index (χ0) is 18.6. The highest BCUT2D eigenvalue weighted by molar-refractivity contribution is 6.29. The molecule has 9 nitrogen and oxygen atoms in total. The lowest BCUT2D eigenvalue weighted by atomic mass is 10.2. The van der Waals surface area contributed by atoms with E-state index in [-0.39, 0.29) is 25.1 Å². The summed E-state index contributed by atoms with van der Waals surface area (Å²) in [6.07, 6.45) is 2.90. The van der Waals surface area contributed by atoms with Gasteiger partial charge in [0, 0.05) is 12.7 Å². The van der Waals surface area contributed by atoms with Crippen molar-refractivity contribution < 1.29 is 14.6 Å². The van der Waals surface area contributed by atoms with E-state index in [2.05, 4.69) is 4.98 Å². The molecule has 11 heteroatoms. The second-order valence-corrected chi connectivity index (χ2v) is 5.94. The lowest BCUT2D eigenvalue weighted by Gasteiger charge is -2.23. The highest BCUT2D eigenvalue weighted by Crippen LogP contribution is 2.29. The van der Waals surface area contributed by atoms with Gasteiger partial charge in [-0.25, -0.2) is 4.98 Å². The number of rotatable bonds is 6. The highest BCUT2D eigenvalue weighted by atomic mass is 35.5. The van der Waals surface area contributed by atoms with Crippen molar-refractivity contribution in [2.45, 2.75) is 25.9 Å². The summed E-state index contributed by atoms with van der Waals surface area (Å²) >= 11 is 11.2. The van der Waals surface area contributed by atoms with Crippen LogP contribution in [0.25, 0.3) is 0 Å². The van der Waals surface area contributed by atoms with Crippen molar-refractivity contribution >= 4 is 23.2 Å². The molecule has 2 heterocycles. The van der Waals surface area contributed by atoms with Crippen LogP contribution < -0.4 is 0 Å². The SMILES string of the molecule is CC[C@@H]1CO/C(=C(\C=C(/Cl)[N+](=O)[O-])[N+](=O)[O-])N1Cc1ccc(Cl)nc1. The summed E-state index contributed by atoms with van der Waals surface area (Å²) in [6, 6.07) is 3.23. The number of pyridine rings is 1. The van der Waals surface area contributed by atoms with Crippen molar-refractivity contribution in [1.29, 1.82) is 0 Å². The molecule has 0 radical (unpaired) electrons. The lowest BCUT2D eigenvalue weighted by molar-refractivity contribution is -0.430. The number of aromatic nitrogens is 1. The predicted molar refractivity (Wildman–Crippen MR) is 89.8 cm³/mol. The van der Waals surface area contributed by atoms with Crippen molar-refractivity contribution in [1.82, 2.24) is 9.88 Å². The largest absolute Gasteiger partial charge is 0.472 e. The Labute approximate surface area is 152 Å². The van der Waals surface area contributed by atoms with Crippen molar-refractivity contribution in [2.75, 3.05) is 6.61 Å². The van der Waals surface area contributed by atoms with Crippen LogP contribution in [0.4, 0.5) is 0 Å². The maximum atomic E-state index is 11.4. The minimum absolute atomic E-state index is 0.0631. The third-order valence-corrected chi connectivity index (χ3v) is 4.04.